The Kier molecular flexibility index (Phi) is 3.32. The first-order valence-electron chi connectivity index (χ1n) is 6.50. The van der Waals surface area contributed by atoms with Crippen molar-refractivity contribution in [1.29, 1.82) is 0 Å². The summed E-state index contributed by atoms with van der Waals surface area (Å²) >= 11 is 0. The minimum Gasteiger partial charge on any atom is -0.481 e. The first kappa shape index (κ1) is 12.9. The molecule has 1 aromatic heterocycles. The lowest BCUT2D eigenvalue weighted by atomic mass is 9.76. The minimum absolute atomic E-state index is 0.130. The molecule has 1 atom stereocenters. The molecule has 18 heavy (non-hydrogen) atoms. The monoisotopic (exact) mass is 251 g/mol. The van der Waals surface area contributed by atoms with Gasteiger partial charge in [0.1, 0.15) is 0 Å². The van der Waals surface area contributed by atoms with Gasteiger partial charge in [-0.2, -0.15) is 0 Å². The Morgan fingerprint density at radius 3 is 2.83 bits per heavy atom. The summed E-state index contributed by atoms with van der Waals surface area (Å²) in [5.41, 5.74) is -0.634. The Labute approximate surface area is 107 Å². The average molecular weight is 251 g/mol. The van der Waals surface area contributed by atoms with Crippen LogP contribution >= 0.6 is 0 Å². The SMILES string of the molecule is CCn1ccnc1N1CCC(C(=O)O)(C(C)C)C1. The number of hydrogen-bond acceptors (Lipinski definition) is 3. The van der Waals surface area contributed by atoms with Crippen LogP contribution in [0.15, 0.2) is 12.4 Å². The van der Waals surface area contributed by atoms with Crippen LogP contribution in [0, 0.1) is 11.3 Å². The molecule has 1 aliphatic heterocycles. The van der Waals surface area contributed by atoms with E-state index in [-0.39, 0.29) is 5.92 Å². The Bertz CT molecular complexity index is 441. The van der Waals surface area contributed by atoms with E-state index in [0.29, 0.717) is 13.0 Å². The second kappa shape index (κ2) is 4.63. The van der Waals surface area contributed by atoms with Crippen LogP contribution in [0.3, 0.4) is 0 Å². The van der Waals surface area contributed by atoms with Crippen molar-refractivity contribution in [1.82, 2.24) is 9.55 Å². The standard InChI is InChI=1S/C13H21N3O2/c1-4-15-8-6-14-12(15)16-7-5-13(9-16,10(2)3)11(17)18/h6,8,10H,4-5,7,9H2,1-3H3,(H,17,18). The van der Waals surface area contributed by atoms with Crippen LogP contribution in [-0.4, -0.2) is 33.7 Å². The zero-order valence-corrected chi connectivity index (χ0v) is 11.3. The number of aromatic nitrogens is 2. The molecule has 1 unspecified atom stereocenters. The second-order valence-corrected chi connectivity index (χ2v) is 5.30. The maximum atomic E-state index is 11.6. The Morgan fingerprint density at radius 2 is 2.33 bits per heavy atom. The van der Waals surface area contributed by atoms with Crippen molar-refractivity contribution in [3.05, 3.63) is 12.4 Å². The first-order valence-corrected chi connectivity index (χ1v) is 6.50. The molecule has 1 fully saturated rings. The highest BCUT2D eigenvalue weighted by molar-refractivity contribution is 5.77. The van der Waals surface area contributed by atoms with Gasteiger partial charge >= 0.3 is 5.97 Å². The van der Waals surface area contributed by atoms with Gasteiger partial charge in [0.05, 0.1) is 5.41 Å². The number of hydrogen-bond donors (Lipinski definition) is 1. The molecule has 100 valence electrons. The summed E-state index contributed by atoms with van der Waals surface area (Å²) in [6, 6.07) is 0. The predicted octanol–water partition coefficient (Wildman–Crippen LogP) is 1.84. The largest absolute Gasteiger partial charge is 0.481 e. The lowest BCUT2D eigenvalue weighted by molar-refractivity contribution is -0.150. The lowest BCUT2D eigenvalue weighted by Crippen LogP contribution is -2.39. The van der Waals surface area contributed by atoms with Gasteiger partial charge in [-0.05, 0) is 19.3 Å². The summed E-state index contributed by atoms with van der Waals surface area (Å²) in [5, 5.41) is 9.52. The predicted molar refractivity (Wildman–Crippen MR) is 69.6 cm³/mol. The highest BCUT2D eigenvalue weighted by atomic mass is 16.4. The number of anilines is 1. The van der Waals surface area contributed by atoms with E-state index < -0.39 is 11.4 Å². The summed E-state index contributed by atoms with van der Waals surface area (Å²) in [5.74, 6) is 0.334. The molecule has 5 heteroatoms. The molecule has 1 saturated heterocycles. The zero-order chi connectivity index (χ0) is 13.3. The topological polar surface area (TPSA) is 58.4 Å². The molecule has 1 aromatic rings. The number of aliphatic carboxylic acids is 1. The average Bonchev–Trinajstić information content (AvgIpc) is 2.95. The smallest absolute Gasteiger partial charge is 0.311 e. The van der Waals surface area contributed by atoms with Gasteiger partial charge < -0.3 is 14.6 Å². The van der Waals surface area contributed by atoms with Crippen LogP contribution < -0.4 is 4.90 Å². The highest BCUT2D eigenvalue weighted by Gasteiger charge is 2.48. The third-order valence-corrected chi connectivity index (χ3v) is 4.15. The van der Waals surface area contributed by atoms with Crippen LogP contribution in [-0.2, 0) is 11.3 Å². The summed E-state index contributed by atoms with van der Waals surface area (Å²) in [4.78, 5) is 18.0. The maximum Gasteiger partial charge on any atom is 0.311 e. The van der Waals surface area contributed by atoms with Crippen LogP contribution in [0.5, 0.6) is 0 Å². The number of carbonyl (C=O) groups is 1. The van der Waals surface area contributed by atoms with E-state index >= 15 is 0 Å². The van der Waals surface area contributed by atoms with E-state index in [2.05, 4.69) is 21.4 Å². The van der Waals surface area contributed by atoms with Gasteiger partial charge in [-0.3, -0.25) is 4.79 Å². The van der Waals surface area contributed by atoms with Crippen molar-refractivity contribution in [3.63, 3.8) is 0 Å². The number of carboxylic acids is 1. The second-order valence-electron chi connectivity index (χ2n) is 5.30. The number of aryl methyl sites for hydroxylation is 1. The van der Waals surface area contributed by atoms with E-state index in [0.717, 1.165) is 19.0 Å². The van der Waals surface area contributed by atoms with Crippen LogP contribution in [0.2, 0.25) is 0 Å². The van der Waals surface area contributed by atoms with Crippen LogP contribution in [0.1, 0.15) is 27.2 Å². The van der Waals surface area contributed by atoms with Crippen molar-refractivity contribution < 1.29 is 9.90 Å². The van der Waals surface area contributed by atoms with Crippen molar-refractivity contribution in [3.8, 4) is 0 Å². The molecule has 2 heterocycles. The molecule has 0 spiro atoms. The fourth-order valence-electron chi connectivity index (χ4n) is 2.73. The number of nitrogens with zero attached hydrogens (tertiary/aromatic N) is 3. The van der Waals surface area contributed by atoms with Gasteiger partial charge in [0.25, 0.3) is 0 Å². The summed E-state index contributed by atoms with van der Waals surface area (Å²) in [7, 11) is 0. The van der Waals surface area contributed by atoms with Gasteiger partial charge in [-0.1, -0.05) is 13.8 Å². The van der Waals surface area contributed by atoms with Crippen molar-refractivity contribution in [2.24, 2.45) is 11.3 Å². The van der Waals surface area contributed by atoms with E-state index in [4.69, 9.17) is 0 Å². The van der Waals surface area contributed by atoms with Gasteiger partial charge in [0.15, 0.2) is 0 Å². The van der Waals surface area contributed by atoms with E-state index in [1.54, 1.807) is 6.20 Å². The molecular weight excluding hydrogens is 230 g/mol. The fraction of sp³-hybridized carbons (Fsp3) is 0.692. The molecule has 0 amide bonds. The summed E-state index contributed by atoms with van der Waals surface area (Å²) in [6.07, 6.45) is 4.40. The highest BCUT2D eigenvalue weighted by Crippen LogP contribution is 2.39. The van der Waals surface area contributed by atoms with Crippen molar-refractivity contribution in [2.45, 2.75) is 33.7 Å². The maximum absolute atomic E-state index is 11.6. The molecule has 5 nitrogen and oxygen atoms in total. The van der Waals surface area contributed by atoms with Gasteiger partial charge in [-0.15, -0.1) is 0 Å². The zero-order valence-electron chi connectivity index (χ0n) is 11.3. The fourth-order valence-corrected chi connectivity index (χ4v) is 2.73. The first-order chi connectivity index (χ1) is 8.51. The number of rotatable bonds is 4. The molecule has 2 rings (SSSR count). The lowest BCUT2D eigenvalue weighted by Gasteiger charge is -2.29. The van der Waals surface area contributed by atoms with E-state index in [9.17, 15) is 9.90 Å². The quantitative estimate of drug-likeness (QED) is 0.887. The summed E-state index contributed by atoms with van der Waals surface area (Å²) < 4.78 is 2.05. The van der Waals surface area contributed by atoms with Crippen LogP contribution in [0.4, 0.5) is 5.95 Å². The number of carboxylic acid groups (broad SMARTS) is 1. The third kappa shape index (κ3) is 1.87. The molecule has 1 N–H and O–H groups in total. The van der Waals surface area contributed by atoms with Gasteiger partial charge in [0.2, 0.25) is 5.95 Å². The molecule has 0 aromatic carbocycles. The molecule has 0 bridgehead atoms. The Balaban J connectivity index is 2.24. The van der Waals surface area contributed by atoms with E-state index in [1.165, 1.54) is 0 Å². The Hall–Kier alpha value is -1.52. The van der Waals surface area contributed by atoms with Crippen molar-refractivity contribution >= 4 is 11.9 Å². The molecule has 0 aliphatic carbocycles. The van der Waals surface area contributed by atoms with E-state index in [1.807, 2.05) is 20.0 Å². The van der Waals surface area contributed by atoms with Crippen molar-refractivity contribution in [2.75, 3.05) is 18.0 Å². The van der Waals surface area contributed by atoms with Crippen LogP contribution in [0.25, 0.3) is 0 Å². The molecular formula is C13H21N3O2. The molecule has 1 aliphatic rings. The molecule has 0 radical (unpaired) electrons. The number of imidazole rings is 1. The molecule has 0 saturated carbocycles. The normalized spacial score (nSPS) is 23.9. The summed E-state index contributed by atoms with van der Waals surface area (Å²) in [6.45, 7) is 8.22. The van der Waals surface area contributed by atoms with Gasteiger partial charge in [-0.25, -0.2) is 4.98 Å². The minimum atomic E-state index is -0.686. The Morgan fingerprint density at radius 1 is 1.61 bits per heavy atom. The third-order valence-electron chi connectivity index (χ3n) is 4.15. The van der Waals surface area contributed by atoms with Gasteiger partial charge in [0, 0.05) is 32.0 Å².